The molecule has 0 aromatic heterocycles. The number of benzene rings is 2. The highest BCUT2D eigenvalue weighted by molar-refractivity contribution is 7.89. The first-order chi connectivity index (χ1) is 15.8. The number of ether oxygens (including phenoxy) is 1. The molecule has 16 heteroatoms. The number of hydrogen-bond acceptors (Lipinski definition) is 7. The molecule has 0 spiro atoms. The zero-order valence-corrected chi connectivity index (χ0v) is 20.3. The molecule has 0 radical (unpaired) electrons. The lowest BCUT2D eigenvalue weighted by molar-refractivity contribution is -0.384. The summed E-state index contributed by atoms with van der Waals surface area (Å²) in [6, 6.07) is 4.29. The largest absolute Gasteiger partial charge is 0.453 e. The van der Waals surface area contributed by atoms with Gasteiger partial charge in [0.1, 0.15) is 11.8 Å². The summed E-state index contributed by atoms with van der Waals surface area (Å²) >= 11 is 18.3. The molecule has 0 aliphatic heterocycles. The highest BCUT2D eigenvalue weighted by Gasteiger charge is 2.26. The van der Waals surface area contributed by atoms with Gasteiger partial charge < -0.3 is 21.5 Å². The molecule has 0 aliphatic carbocycles. The number of nitro benzene ring substituents is 1. The highest BCUT2D eigenvalue weighted by atomic mass is 35.5. The van der Waals surface area contributed by atoms with Gasteiger partial charge in [0.05, 0.1) is 24.9 Å². The number of rotatable bonds is 11. The van der Waals surface area contributed by atoms with E-state index in [-0.39, 0.29) is 56.1 Å². The average Bonchev–Trinajstić information content (AvgIpc) is 2.73. The van der Waals surface area contributed by atoms with Gasteiger partial charge in [-0.3, -0.25) is 20.3 Å². The quantitative estimate of drug-likeness (QED) is 0.0917. The Balaban J connectivity index is 2.23. The van der Waals surface area contributed by atoms with E-state index < -0.39 is 26.9 Å². The number of nitrogens with zero attached hydrogens (tertiary/aromatic N) is 1. The first-order valence-electron chi connectivity index (χ1n) is 9.32. The van der Waals surface area contributed by atoms with Crippen molar-refractivity contribution in [3.05, 3.63) is 55.5 Å². The number of nitrogens with two attached hydrogens (primary N) is 2. The van der Waals surface area contributed by atoms with Crippen LogP contribution in [0.5, 0.6) is 11.5 Å². The molecule has 2 rings (SSSR count). The zero-order valence-electron chi connectivity index (χ0n) is 17.2. The molecule has 0 heterocycles. The Morgan fingerprint density at radius 3 is 2.26 bits per heavy atom. The third-order valence-electron chi connectivity index (χ3n) is 4.25. The standard InChI is InChI=1S/C18H19Cl3N6O6S/c19-11-6-9(27(29)30)3-4-15(11)33-16-12(20)7-10(8-13(16)21)34(31,32)26-14(17(22)28)2-1-5-25-18(23)24/h3-4,6-8,14,26H,1-2,5H2,(H2,22,28)(H4,23,24,25)/t14-/m0/s1. The van der Waals surface area contributed by atoms with Gasteiger partial charge in [0.15, 0.2) is 11.7 Å². The molecule has 0 aliphatic rings. The van der Waals surface area contributed by atoms with E-state index in [0.717, 1.165) is 24.3 Å². The van der Waals surface area contributed by atoms with Crippen LogP contribution in [0.15, 0.2) is 35.2 Å². The Bertz CT molecular complexity index is 1200. The number of nitro groups is 1. The smallest absolute Gasteiger partial charge is 0.271 e. The van der Waals surface area contributed by atoms with Crippen LogP contribution >= 0.6 is 34.8 Å². The number of sulfonamides is 1. The van der Waals surface area contributed by atoms with Crippen molar-refractivity contribution in [2.45, 2.75) is 23.8 Å². The highest BCUT2D eigenvalue weighted by Crippen LogP contribution is 2.41. The summed E-state index contributed by atoms with van der Waals surface area (Å²) in [5.74, 6) is -1.31. The van der Waals surface area contributed by atoms with Gasteiger partial charge in [-0.05, 0) is 31.0 Å². The van der Waals surface area contributed by atoms with Crippen LogP contribution < -0.4 is 26.2 Å². The zero-order chi connectivity index (χ0) is 25.6. The maximum atomic E-state index is 12.8. The van der Waals surface area contributed by atoms with Crippen LogP contribution in [0.1, 0.15) is 12.8 Å². The van der Waals surface area contributed by atoms with E-state index in [4.69, 9.17) is 56.4 Å². The summed E-state index contributed by atoms with van der Waals surface area (Å²) in [6.45, 7) is 0.232. The van der Waals surface area contributed by atoms with Crippen molar-refractivity contribution in [2.75, 3.05) is 6.54 Å². The van der Waals surface area contributed by atoms with E-state index in [0.29, 0.717) is 6.42 Å². The fourth-order valence-electron chi connectivity index (χ4n) is 2.63. The van der Waals surface area contributed by atoms with Gasteiger partial charge in [-0.25, -0.2) is 8.42 Å². The Morgan fingerprint density at radius 1 is 1.15 bits per heavy atom. The number of guanidine groups is 1. The van der Waals surface area contributed by atoms with E-state index in [9.17, 15) is 23.3 Å². The van der Waals surface area contributed by atoms with Gasteiger partial charge >= 0.3 is 0 Å². The second-order valence-corrected chi connectivity index (χ2v) is 9.68. The lowest BCUT2D eigenvalue weighted by atomic mass is 10.1. The summed E-state index contributed by atoms with van der Waals surface area (Å²) in [6.07, 6.45) is 0.330. The predicted molar refractivity (Wildman–Crippen MR) is 127 cm³/mol. The number of carbonyl (C=O) groups is 1. The molecule has 0 saturated carbocycles. The molecule has 0 saturated heterocycles. The van der Waals surface area contributed by atoms with Crippen LogP contribution in [-0.2, 0) is 14.8 Å². The number of carbonyl (C=O) groups excluding carboxylic acids is 1. The molecular formula is C18H19Cl3N6O6S. The summed E-state index contributed by atoms with van der Waals surface area (Å²) in [4.78, 5) is 21.5. The fourth-order valence-corrected chi connectivity index (χ4v) is 4.83. The van der Waals surface area contributed by atoms with E-state index >= 15 is 0 Å². The number of hydrogen-bond donors (Lipinski definition) is 5. The molecule has 1 amide bonds. The molecule has 1 atom stereocenters. The Kier molecular flexibility index (Phi) is 9.29. The average molecular weight is 554 g/mol. The SMILES string of the molecule is N=C(N)NCCC[C@H](NS(=O)(=O)c1cc(Cl)c(Oc2ccc([N+](=O)[O-])cc2Cl)c(Cl)c1)C(N)=O. The van der Waals surface area contributed by atoms with Crippen LogP contribution in [0.2, 0.25) is 15.1 Å². The van der Waals surface area contributed by atoms with E-state index in [1.54, 1.807) is 0 Å². The van der Waals surface area contributed by atoms with Crippen molar-refractivity contribution in [1.29, 1.82) is 5.41 Å². The second-order valence-electron chi connectivity index (χ2n) is 6.75. The maximum Gasteiger partial charge on any atom is 0.271 e. The molecule has 34 heavy (non-hydrogen) atoms. The Hall–Kier alpha value is -2.84. The first kappa shape index (κ1) is 27.4. The normalized spacial score (nSPS) is 12.1. The third kappa shape index (κ3) is 7.33. The minimum Gasteiger partial charge on any atom is -0.453 e. The summed E-state index contributed by atoms with van der Waals surface area (Å²) in [5, 5.41) is 19.9. The maximum absolute atomic E-state index is 12.8. The predicted octanol–water partition coefficient (Wildman–Crippen LogP) is 2.74. The van der Waals surface area contributed by atoms with E-state index in [1.807, 2.05) is 0 Å². The van der Waals surface area contributed by atoms with Gasteiger partial charge in [-0.15, -0.1) is 0 Å². The molecule has 184 valence electrons. The molecule has 0 fully saturated rings. The van der Waals surface area contributed by atoms with E-state index in [1.165, 1.54) is 6.07 Å². The van der Waals surface area contributed by atoms with Crippen molar-refractivity contribution in [2.24, 2.45) is 11.5 Å². The molecule has 2 aromatic rings. The Morgan fingerprint density at radius 2 is 1.76 bits per heavy atom. The van der Waals surface area contributed by atoms with Crippen molar-refractivity contribution in [3.8, 4) is 11.5 Å². The second kappa shape index (κ2) is 11.5. The van der Waals surface area contributed by atoms with Gasteiger partial charge in [-0.1, -0.05) is 34.8 Å². The summed E-state index contributed by atoms with van der Waals surface area (Å²) in [7, 11) is -4.28. The number of non-ortho nitro benzene ring substituents is 1. The van der Waals surface area contributed by atoms with Crippen LogP contribution in [0.25, 0.3) is 0 Å². The minimum atomic E-state index is -4.28. The van der Waals surface area contributed by atoms with Gasteiger partial charge in [0, 0.05) is 18.7 Å². The van der Waals surface area contributed by atoms with Gasteiger partial charge in [-0.2, -0.15) is 4.72 Å². The monoisotopic (exact) mass is 552 g/mol. The van der Waals surface area contributed by atoms with Crippen molar-refractivity contribution < 1.29 is 22.9 Å². The van der Waals surface area contributed by atoms with Crippen molar-refractivity contribution in [3.63, 3.8) is 0 Å². The minimum absolute atomic E-state index is 0.00207. The Labute approximate surface area is 209 Å². The van der Waals surface area contributed by atoms with Crippen LogP contribution in [0.3, 0.4) is 0 Å². The van der Waals surface area contributed by atoms with Crippen LogP contribution in [-0.4, -0.2) is 37.8 Å². The summed E-state index contributed by atoms with van der Waals surface area (Å²) in [5.41, 5.74) is 10.2. The fraction of sp³-hybridized carbons (Fsp3) is 0.222. The lowest BCUT2D eigenvalue weighted by Gasteiger charge is -2.17. The lowest BCUT2D eigenvalue weighted by Crippen LogP contribution is -2.44. The molecule has 7 N–H and O–H groups in total. The first-order valence-corrected chi connectivity index (χ1v) is 11.9. The number of primary amides is 1. The van der Waals surface area contributed by atoms with Crippen molar-refractivity contribution in [1.82, 2.24) is 10.0 Å². The molecule has 2 aromatic carbocycles. The number of nitrogens with one attached hydrogen (secondary N) is 3. The number of halogens is 3. The summed E-state index contributed by atoms with van der Waals surface area (Å²) < 4.78 is 33.3. The van der Waals surface area contributed by atoms with Gasteiger partial charge in [0.2, 0.25) is 15.9 Å². The van der Waals surface area contributed by atoms with E-state index in [2.05, 4.69) is 10.0 Å². The third-order valence-corrected chi connectivity index (χ3v) is 6.55. The molecular weight excluding hydrogens is 535 g/mol. The topological polar surface area (TPSA) is 204 Å². The number of amides is 1. The van der Waals surface area contributed by atoms with Crippen LogP contribution in [0.4, 0.5) is 5.69 Å². The molecule has 12 nitrogen and oxygen atoms in total. The molecule has 0 unspecified atom stereocenters. The van der Waals surface area contributed by atoms with Gasteiger partial charge in [0.25, 0.3) is 5.69 Å². The van der Waals surface area contributed by atoms with Crippen LogP contribution in [0, 0.1) is 15.5 Å². The van der Waals surface area contributed by atoms with Crippen molar-refractivity contribution >= 4 is 62.4 Å². The molecule has 0 bridgehead atoms.